The summed E-state index contributed by atoms with van der Waals surface area (Å²) in [7, 11) is 0. The zero-order valence-corrected chi connectivity index (χ0v) is 13.4. The molecule has 2 aromatic rings. The van der Waals surface area contributed by atoms with E-state index < -0.39 is 0 Å². The van der Waals surface area contributed by atoms with Crippen LogP contribution in [0.3, 0.4) is 0 Å². The second kappa shape index (κ2) is 6.39. The maximum absolute atomic E-state index is 6.09. The van der Waals surface area contributed by atoms with Crippen molar-refractivity contribution < 1.29 is 4.74 Å². The van der Waals surface area contributed by atoms with Gasteiger partial charge in [-0.05, 0) is 43.9 Å². The van der Waals surface area contributed by atoms with E-state index in [1.807, 2.05) is 37.7 Å². The molecule has 0 bridgehead atoms. The topological polar surface area (TPSA) is 53.1 Å². The first-order valence-electron chi connectivity index (χ1n) is 6.93. The summed E-state index contributed by atoms with van der Waals surface area (Å²) in [5, 5.41) is 0. The monoisotopic (exact) mass is 293 g/mol. The summed E-state index contributed by atoms with van der Waals surface area (Å²) >= 11 is 1.86. The van der Waals surface area contributed by atoms with Crippen LogP contribution in [0.1, 0.15) is 20.8 Å². The van der Waals surface area contributed by atoms with E-state index in [-0.39, 0.29) is 6.10 Å². The Hall–Kier alpha value is -1.36. The van der Waals surface area contributed by atoms with Gasteiger partial charge in [0.15, 0.2) is 0 Å². The predicted octanol–water partition coefficient (Wildman–Crippen LogP) is 3.40. The van der Waals surface area contributed by atoms with E-state index in [0.29, 0.717) is 11.9 Å². The van der Waals surface area contributed by atoms with Crippen molar-refractivity contribution in [2.75, 3.05) is 17.7 Å². The first kappa shape index (κ1) is 15.0. The summed E-state index contributed by atoms with van der Waals surface area (Å²) in [6, 6.07) is 6.00. The van der Waals surface area contributed by atoms with E-state index in [1.165, 1.54) is 0 Å². The molecule has 0 radical (unpaired) electrons. The Bertz CT molecular complexity index is 580. The lowest BCUT2D eigenvalue weighted by Crippen LogP contribution is -2.12. The molecule has 0 saturated heterocycles. The van der Waals surface area contributed by atoms with Crippen LogP contribution in [0, 0.1) is 5.92 Å². The van der Waals surface area contributed by atoms with Crippen molar-refractivity contribution in [3.63, 3.8) is 0 Å². The number of fused-ring (bicyclic) bond motifs is 1. The van der Waals surface area contributed by atoms with Gasteiger partial charge in [-0.1, -0.05) is 13.0 Å². The van der Waals surface area contributed by atoms with Crippen LogP contribution in [0.5, 0.6) is 5.75 Å². The summed E-state index contributed by atoms with van der Waals surface area (Å²) in [5.74, 6) is 3.04. The molecule has 0 aliphatic rings. The normalized spacial score (nSPS) is 13.1. The first-order valence-corrected chi connectivity index (χ1v) is 8.32. The number of nitrogen functional groups attached to an aromatic ring is 1. The molecule has 1 unspecified atom stereocenters. The SMILES string of the molecule is CSCC(C)Cn1c(N)nc2c(OC(C)C)cccc21. The fourth-order valence-electron chi connectivity index (χ4n) is 2.33. The van der Waals surface area contributed by atoms with Crippen molar-refractivity contribution in [3.05, 3.63) is 18.2 Å². The Kier molecular flexibility index (Phi) is 4.81. The number of nitrogens with zero attached hydrogens (tertiary/aromatic N) is 2. The van der Waals surface area contributed by atoms with Crippen molar-refractivity contribution in [1.82, 2.24) is 9.55 Å². The predicted molar refractivity (Wildman–Crippen MR) is 87.5 cm³/mol. The number of thioether (sulfide) groups is 1. The molecule has 4 nitrogen and oxygen atoms in total. The highest BCUT2D eigenvalue weighted by Gasteiger charge is 2.14. The lowest BCUT2D eigenvalue weighted by molar-refractivity contribution is 0.245. The van der Waals surface area contributed by atoms with Gasteiger partial charge in [0, 0.05) is 6.54 Å². The highest BCUT2D eigenvalue weighted by molar-refractivity contribution is 7.98. The molecule has 5 heteroatoms. The third-order valence-corrected chi connectivity index (χ3v) is 3.98. The summed E-state index contributed by atoms with van der Waals surface area (Å²) < 4.78 is 7.90. The van der Waals surface area contributed by atoms with Gasteiger partial charge in [0.05, 0.1) is 11.6 Å². The van der Waals surface area contributed by atoms with Crippen LogP contribution in [0.4, 0.5) is 5.95 Å². The summed E-state index contributed by atoms with van der Waals surface area (Å²) in [6.45, 7) is 7.14. The van der Waals surface area contributed by atoms with Gasteiger partial charge in [-0.15, -0.1) is 0 Å². The molecule has 0 saturated carbocycles. The molecule has 1 heterocycles. The van der Waals surface area contributed by atoms with E-state index in [0.717, 1.165) is 29.1 Å². The minimum absolute atomic E-state index is 0.127. The number of nitrogens with two attached hydrogens (primary N) is 1. The van der Waals surface area contributed by atoms with E-state index in [4.69, 9.17) is 10.5 Å². The minimum Gasteiger partial charge on any atom is -0.489 e. The third-order valence-electron chi connectivity index (χ3n) is 3.08. The molecule has 1 atom stereocenters. The van der Waals surface area contributed by atoms with Gasteiger partial charge < -0.3 is 15.0 Å². The van der Waals surface area contributed by atoms with E-state index >= 15 is 0 Å². The molecule has 2 rings (SSSR count). The quantitative estimate of drug-likeness (QED) is 0.887. The van der Waals surface area contributed by atoms with Gasteiger partial charge in [-0.25, -0.2) is 4.98 Å². The van der Waals surface area contributed by atoms with Gasteiger partial charge in [-0.3, -0.25) is 0 Å². The molecule has 0 aliphatic heterocycles. The largest absolute Gasteiger partial charge is 0.489 e. The van der Waals surface area contributed by atoms with Crippen LogP contribution in [-0.4, -0.2) is 27.7 Å². The number of para-hydroxylation sites is 1. The Morgan fingerprint density at radius 2 is 2.10 bits per heavy atom. The minimum atomic E-state index is 0.127. The van der Waals surface area contributed by atoms with Crippen LogP contribution in [0.15, 0.2) is 18.2 Å². The Labute approximate surface area is 124 Å². The zero-order valence-electron chi connectivity index (χ0n) is 12.6. The first-order chi connectivity index (χ1) is 9.52. The molecular formula is C15H23N3OS. The number of anilines is 1. The van der Waals surface area contributed by atoms with E-state index in [1.54, 1.807) is 0 Å². The van der Waals surface area contributed by atoms with Crippen LogP contribution < -0.4 is 10.5 Å². The average molecular weight is 293 g/mol. The molecule has 0 fully saturated rings. The standard InChI is InChI=1S/C15H23N3OS/c1-10(2)19-13-7-5-6-12-14(13)17-15(16)18(12)8-11(3)9-20-4/h5-7,10-11H,8-9H2,1-4H3,(H2,16,17). The van der Waals surface area contributed by atoms with Crippen LogP contribution in [-0.2, 0) is 6.54 Å². The Balaban J connectivity index is 2.38. The van der Waals surface area contributed by atoms with Crippen LogP contribution >= 0.6 is 11.8 Å². The molecule has 0 spiro atoms. The van der Waals surface area contributed by atoms with Gasteiger partial charge in [0.25, 0.3) is 0 Å². The summed E-state index contributed by atoms with van der Waals surface area (Å²) in [6.07, 6.45) is 2.25. The highest BCUT2D eigenvalue weighted by Crippen LogP contribution is 2.28. The fourth-order valence-corrected chi connectivity index (χ4v) is 3.00. The lowest BCUT2D eigenvalue weighted by Gasteiger charge is -2.13. The Morgan fingerprint density at radius 1 is 1.35 bits per heavy atom. The van der Waals surface area contributed by atoms with Crippen LogP contribution in [0.2, 0.25) is 0 Å². The number of benzene rings is 1. The van der Waals surface area contributed by atoms with Crippen LogP contribution in [0.25, 0.3) is 11.0 Å². The molecule has 20 heavy (non-hydrogen) atoms. The molecule has 110 valence electrons. The van der Waals surface area contributed by atoms with Crippen molar-refractivity contribution in [2.45, 2.75) is 33.4 Å². The maximum atomic E-state index is 6.09. The number of imidazole rings is 1. The molecule has 1 aromatic carbocycles. The number of aromatic nitrogens is 2. The number of hydrogen-bond acceptors (Lipinski definition) is 4. The molecule has 0 aliphatic carbocycles. The highest BCUT2D eigenvalue weighted by atomic mass is 32.2. The summed E-state index contributed by atoms with van der Waals surface area (Å²) in [5.41, 5.74) is 7.99. The van der Waals surface area contributed by atoms with Gasteiger partial charge in [0.1, 0.15) is 11.3 Å². The third kappa shape index (κ3) is 3.20. The van der Waals surface area contributed by atoms with Crippen molar-refractivity contribution >= 4 is 28.7 Å². The number of ether oxygens (including phenoxy) is 1. The fraction of sp³-hybridized carbons (Fsp3) is 0.533. The molecule has 0 amide bonds. The van der Waals surface area contributed by atoms with Gasteiger partial charge >= 0.3 is 0 Å². The maximum Gasteiger partial charge on any atom is 0.201 e. The average Bonchev–Trinajstić information content (AvgIpc) is 2.67. The van der Waals surface area contributed by atoms with Crippen molar-refractivity contribution in [3.8, 4) is 5.75 Å². The number of rotatable bonds is 6. The van der Waals surface area contributed by atoms with E-state index in [2.05, 4.69) is 28.8 Å². The van der Waals surface area contributed by atoms with Gasteiger partial charge in [-0.2, -0.15) is 11.8 Å². The summed E-state index contributed by atoms with van der Waals surface area (Å²) in [4.78, 5) is 4.49. The lowest BCUT2D eigenvalue weighted by atomic mass is 10.2. The van der Waals surface area contributed by atoms with E-state index in [9.17, 15) is 0 Å². The molecule has 2 N–H and O–H groups in total. The second-order valence-corrected chi connectivity index (χ2v) is 6.34. The Morgan fingerprint density at radius 3 is 2.75 bits per heavy atom. The molecular weight excluding hydrogens is 270 g/mol. The van der Waals surface area contributed by atoms with Crippen molar-refractivity contribution in [1.29, 1.82) is 0 Å². The molecule has 1 aromatic heterocycles. The second-order valence-electron chi connectivity index (χ2n) is 5.43. The number of hydrogen-bond donors (Lipinski definition) is 1. The van der Waals surface area contributed by atoms with Gasteiger partial charge in [0.2, 0.25) is 5.95 Å². The smallest absolute Gasteiger partial charge is 0.201 e. The van der Waals surface area contributed by atoms with Crippen molar-refractivity contribution in [2.24, 2.45) is 5.92 Å². The zero-order chi connectivity index (χ0) is 14.7.